The zero-order valence-corrected chi connectivity index (χ0v) is 13.1. The van der Waals surface area contributed by atoms with Crippen molar-refractivity contribution in [2.24, 2.45) is 16.7 Å². The molecule has 0 aliphatic heterocycles. The summed E-state index contributed by atoms with van der Waals surface area (Å²) in [6, 6.07) is 9.68. The van der Waals surface area contributed by atoms with E-state index in [1.165, 1.54) is 38.5 Å². The topological polar surface area (TPSA) is 29.1 Å². The van der Waals surface area contributed by atoms with E-state index in [-0.39, 0.29) is 11.4 Å². The maximum absolute atomic E-state index is 12.6. The first-order valence-corrected chi connectivity index (χ1v) is 8.27. The maximum Gasteiger partial charge on any atom is 0.251 e. The summed E-state index contributed by atoms with van der Waals surface area (Å²) in [6.45, 7) is 4.89. The highest BCUT2D eigenvalue weighted by Crippen LogP contribution is 2.66. The summed E-state index contributed by atoms with van der Waals surface area (Å²) in [5.74, 6) is 0.928. The predicted octanol–water partition coefficient (Wildman–Crippen LogP) is 4.17. The minimum absolute atomic E-state index is 0.0514. The smallest absolute Gasteiger partial charge is 0.251 e. The summed E-state index contributed by atoms with van der Waals surface area (Å²) in [5, 5.41) is 3.45. The Balaban J connectivity index is 1.61. The van der Waals surface area contributed by atoms with Gasteiger partial charge in [-0.05, 0) is 67.4 Å². The van der Waals surface area contributed by atoms with Gasteiger partial charge in [-0.15, -0.1) is 0 Å². The van der Waals surface area contributed by atoms with Crippen LogP contribution in [0.15, 0.2) is 30.3 Å². The van der Waals surface area contributed by atoms with Gasteiger partial charge in [0.15, 0.2) is 0 Å². The molecule has 0 heterocycles. The number of hydrogen-bond acceptors (Lipinski definition) is 1. The van der Waals surface area contributed by atoms with Gasteiger partial charge in [0.2, 0.25) is 0 Å². The van der Waals surface area contributed by atoms with Crippen LogP contribution < -0.4 is 5.32 Å². The van der Waals surface area contributed by atoms with Gasteiger partial charge < -0.3 is 5.32 Å². The molecule has 5 rings (SSSR count). The summed E-state index contributed by atoms with van der Waals surface area (Å²) in [4.78, 5) is 12.6. The van der Waals surface area contributed by atoms with E-state index in [9.17, 15) is 4.79 Å². The number of hydrogen-bond donors (Lipinski definition) is 1. The molecule has 4 aliphatic carbocycles. The standard InChI is InChI=1S/C19H25NO/c1-17-8-14-9-18(2,11-17)13-19(10-14,12-17)20-16(21)15-6-4-3-5-7-15/h3-7,14H,8-13H2,1-2H3,(H,20,21). The van der Waals surface area contributed by atoms with Crippen molar-refractivity contribution in [2.75, 3.05) is 0 Å². The molecule has 1 aromatic carbocycles. The molecule has 2 atom stereocenters. The lowest BCUT2D eigenvalue weighted by atomic mass is 9.43. The largest absolute Gasteiger partial charge is 0.347 e. The molecule has 2 nitrogen and oxygen atoms in total. The molecule has 112 valence electrons. The SMILES string of the molecule is CC12CC3CC(C)(C1)CC(NC(=O)c1ccccc1)(C3)C2. The highest BCUT2D eigenvalue weighted by atomic mass is 16.1. The van der Waals surface area contributed by atoms with Crippen LogP contribution >= 0.6 is 0 Å². The quantitative estimate of drug-likeness (QED) is 0.867. The number of carbonyl (C=O) groups is 1. The van der Waals surface area contributed by atoms with E-state index < -0.39 is 0 Å². The molecule has 0 aromatic heterocycles. The second kappa shape index (κ2) is 4.12. The van der Waals surface area contributed by atoms with Crippen molar-refractivity contribution in [1.82, 2.24) is 5.32 Å². The van der Waals surface area contributed by atoms with Crippen LogP contribution in [-0.2, 0) is 0 Å². The third kappa shape index (κ3) is 2.20. The summed E-state index contributed by atoms with van der Waals surface area (Å²) in [7, 11) is 0. The molecule has 0 saturated heterocycles. The van der Waals surface area contributed by atoms with Gasteiger partial charge in [-0.1, -0.05) is 32.0 Å². The summed E-state index contributed by atoms with van der Waals surface area (Å²) >= 11 is 0. The molecule has 2 unspecified atom stereocenters. The van der Waals surface area contributed by atoms with Crippen LogP contribution in [0.3, 0.4) is 0 Å². The van der Waals surface area contributed by atoms with Crippen LogP contribution in [0, 0.1) is 16.7 Å². The second-order valence-corrected chi connectivity index (χ2v) is 8.73. The fourth-order valence-electron chi connectivity index (χ4n) is 6.49. The highest BCUT2D eigenvalue weighted by Gasteiger charge is 2.60. The molecule has 4 aliphatic rings. The molecule has 4 fully saturated rings. The van der Waals surface area contributed by atoms with Crippen molar-refractivity contribution in [3.05, 3.63) is 35.9 Å². The number of benzene rings is 1. The lowest BCUT2D eigenvalue weighted by molar-refractivity contribution is -0.114. The van der Waals surface area contributed by atoms with Gasteiger partial charge in [0.05, 0.1) is 0 Å². The molecular formula is C19H25NO. The monoisotopic (exact) mass is 283 g/mol. The summed E-state index contributed by atoms with van der Waals surface area (Å²) in [6.07, 6.45) is 7.61. The maximum atomic E-state index is 12.6. The Morgan fingerprint density at radius 3 is 2.19 bits per heavy atom. The molecule has 21 heavy (non-hydrogen) atoms. The molecule has 0 spiro atoms. The van der Waals surface area contributed by atoms with Crippen LogP contribution in [0.5, 0.6) is 0 Å². The van der Waals surface area contributed by atoms with E-state index in [0.29, 0.717) is 10.8 Å². The van der Waals surface area contributed by atoms with Crippen LogP contribution in [0.2, 0.25) is 0 Å². The Labute approximate surface area is 127 Å². The molecule has 4 saturated carbocycles. The molecule has 1 N–H and O–H groups in total. The van der Waals surface area contributed by atoms with Gasteiger partial charge >= 0.3 is 0 Å². The van der Waals surface area contributed by atoms with Crippen molar-refractivity contribution in [3.8, 4) is 0 Å². The van der Waals surface area contributed by atoms with Gasteiger partial charge in [-0.25, -0.2) is 0 Å². The van der Waals surface area contributed by atoms with Gasteiger partial charge in [0, 0.05) is 11.1 Å². The van der Waals surface area contributed by atoms with Crippen molar-refractivity contribution >= 4 is 5.91 Å². The fourth-order valence-corrected chi connectivity index (χ4v) is 6.49. The average Bonchev–Trinajstić information content (AvgIpc) is 2.34. The number of nitrogens with one attached hydrogen (secondary N) is 1. The lowest BCUT2D eigenvalue weighted by Gasteiger charge is -2.65. The van der Waals surface area contributed by atoms with Gasteiger partial charge in [-0.2, -0.15) is 0 Å². The molecule has 2 heteroatoms. The lowest BCUT2D eigenvalue weighted by Crippen LogP contribution is -2.65. The van der Waals surface area contributed by atoms with E-state index >= 15 is 0 Å². The number of rotatable bonds is 2. The fraction of sp³-hybridized carbons (Fsp3) is 0.632. The minimum Gasteiger partial charge on any atom is -0.347 e. The van der Waals surface area contributed by atoms with Crippen molar-refractivity contribution in [1.29, 1.82) is 0 Å². The van der Waals surface area contributed by atoms with Crippen LogP contribution in [-0.4, -0.2) is 11.4 Å². The molecule has 4 bridgehead atoms. The molecular weight excluding hydrogens is 258 g/mol. The van der Waals surface area contributed by atoms with Crippen LogP contribution in [0.25, 0.3) is 0 Å². The van der Waals surface area contributed by atoms with E-state index in [1.54, 1.807) is 0 Å². The Morgan fingerprint density at radius 2 is 1.62 bits per heavy atom. The van der Waals surface area contributed by atoms with Crippen LogP contribution in [0.4, 0.5) is 0 Å². The Kier molecular flexibility index (Phi) is 2.62. The third-order valence-corrected chi connectivity index (χ3v) is 6.04. The first kappa shape index (κ1) is 13.4. The predicted molar refractivity (Wildman–Crippen MR) is 84.0 cm³/mol. The first-order valence-electron chi connectivity index (χ1n) is 8.27. The summed E-state index contributed by atoms with van der Waals surface area (Å²) in [5.41, 5.74) is 1.73. The summed E-state index contributed by atoms with van der Waals surface area (Å²) < 4.78 is 0. The third-order valence-electron chi connectivity index (χ3n) is 6.04. The van der Waals surface area contributed by atoms with Crippen molar-refractivity contribution in [3.63, 3.8) is 0 Å². The Hall–Kier alpha value is -1.31. The highest BCUT2D eigenvalue weighted by molar-refractivity contribution is 5.94. The van der Waals surface area contributed by atoms with Crippen molar-refractivity contribution in [2.45, 2.75) is 57.9 Å². The molecule has 1 amide bonds. The number of carbonyl (C=O) groups excluding carboxylic acids is 1. The van der Waals surface area contributed by atoms with E-state index in [4.69, 9.17) is 0 Å². The second-order valence-electron chi connectivity index (χ2n) is 8.73. The van der Waals surface area contributed by atoms with Crippen molar-refractivity contribution < 1.29 is 4.79 Å². The van der Waals surface area contributed by atoms with Gasteiger partial charge in [0.1, 0.15) is 0 Å². The first-order chi connectivity index (χ1) is 9.90. The van der Waals surface area contributed by atoms with E-state index in [2.05, 4.69) is 19.2 Å². The van der Waals surface area contributed by atoms with Gasteiger partial charge in [0.25, 0.3) is 5.91 Å². The normalized spacial score (nSPS) is 43.8. The minimum atomic E-state index is 0.0514. The average molecular weight is 283 g/mol. The number of amides is 1. The zero-order chi connectivity index (χ0) is 14.7. The zero-order valence-electron chi connectivity index (χ0n) is 13.1. The molecule has 1 aromatic rings. The van der Waals surface area contributed by atoms with Gasteiger partial charge in [-0.3, -0.25) is 4.79 Å². The van der Waals surface area contributed by atoms with Crippen LogP contribution in [0.1, 0.15) is 62.7 Å². The van der Waals surface area contributed by atoms with E-state index in [0.717, 1.165) is 11.5 Å². The Morgan fingerprint density at radius 1 is 1.00 bits per heavy atom. The Bertz CT molecular complexity index is 560. The molecule has 0 radical (unpaired) electrons. The van der Waals surface area contributed by atoms with E-state index in [1.807, 2.05) is 30.3 Å².